The van der Waals surface area contributed by atoms with Crippen LogP contribution in [0.4, 0.5) is 0 Å². The molecule has 3 heteroatoms. The van der Waals surface area contributed by atoms with E-state index in [0.29, 0.717) is 5.69 Å². The van der Waals surface area contributed by atoms with E-state index in [4.69, 9.17) is 5.26 Å². The maximum atomic E-state index is 8.25. The lowest BCUT2D eigenvalue weighted by molar-refractivity contribution is 1.25. The van der Waals surface area contributed by atoms with Gasteiger partial charge in [-0.25, -0.2) is 4.98 Å². The Kier molecular flexibility index (Phi) is 1.27. The molecule has 0 fully saturated rings. The summed E-state index contributed by atoms with van der Waals surface area (Å²) in [7, 11) is 0. The van der Waals surface area contributed by atoms with E-state index in [1.807, 2.05) is 13.0 Å². The third-order valence-corrected chi connectivity index (χ3v) is 1.51. The molecule has 0 saturated heterocycles. The van der Waals surface area contributed by atoms with Gasteiger partial charge >= 0.3 is 0 Å². The maximum Gasteiger partial charge on any atom is 0.151 e. The predicted molar refractivity (Wildman–Crippen MR) is 31.6 cm³/mol. The monoisotopic (exact) mass is 124 g/mol. The fourth-order valence-corrected chi connectivity index (χ4v) is 0.953. The highest BCUT2D eigenvalue weighted by atomic mass is 32.1. The number of hydrogen-bond acceptors (Lipinski definition) is 3. The molecule has 40 valence electrons. The fourth-order valence-electron chi connectivity index (χ4n) is 0.415. The van der Waals surface area contributed by atoms with Crippen molar-refractivity contribution in [1.82, 2.24) is 4.98 Å². The molecule has 0 aliphatic carbocycles. The van der Waals surface area contributed by atoms with Gasteiger partial charge in [0.25, 0.3) is 0 Å². The lowest BCUT2D eigenvalue weighted by Crippen LogP contribution is -1.69. The predicted octanol–water partition coefficient (Wildman–Crippen LogP) is 1.32. The fraction of sp³-hybridized carbons (Fsp3) is 0.200. The second-order valence-corrected chi connectivity index (χ2v) is 2.43. The largest absolute Gasteiger partial charge is 0.231 e. The molecule has 8 heavy (non-hydrogen) atoms. The Morgan fingerprint density at radius 1 is 1.88 bits per heavy atom. The summed E-state index contributed by atoms with van der Waals surface area (Å²) in [6, 6.07) is 1.95. The highest BCUT2D eigenvalue weighted by molar-refractivity contribution is 7.09. The van der Waals surface area contributed by atoms with Crippen molar-refractivity contribution in [3.63, 3.8) is 0 Å². The highest BCUT2D eigenvalue weighted by Gasteiger charge is 1.91. The molecular weight excluding hydrogens is 120 g/mol. The van der Waals surface area contributed by atoms with Gasteiger partial charge < -0.3 is 0 Å². The first-order valence-corrected chi connectivity index (χ1v) is 3.03. The molecule has 0 bridgehead atoms. The summed E-state index contributed by atoms with van der Waals surface area (Å²) in [5.74, 6) is 0. The topological polar surface area (TPSA) is 36.7 Å². The number of nitrogens with zero attached hydrogens (tertiary/aromatic N) is 2. The van der Waals surface area contributed by atoms with Gasteiger partial charge in [-0.2, -0.15) is 5.26 Å². The van der Waals surface area contributed by atoms with Crippen LogP contribution >= 0.6 is 11.3 Å². The zero-order chi connectivity index (χ0) is 5.98. The van der Waals surface area contributed by atoms with Crippen LogP contribution in [0.25, 0.3) is 0 Å². The minimum atomic E-state index is 0.521. The number of rotatable bonds is 0. The smallest absolute Gasteiger partial charge is 0.151 e. The summed E-state index contributed by atoms with van der Waals surface area (Å²) in [5, 5.41) is 10.9. The molecule has 1 aromatic rings. The molecule has 0 aliphatic rings. The molecular formula is C5H4N2S. The van der Waals surface area contributed by atoms with Crippen LogP contribution in [-0.4, -0.2) is 4.98 Å². The van der Waals surface area contributed by atoms with Crippen molar-refractivity contribution in [3.05, 3.63) is 16.1 Å². The zero-order valence-electron chi connectivity index (χ0n) is 4.38. The average Bonchev–Trinajstić information content (AvgIpc) is 2.14. The van der Waals surface area contributed by atoms with E-state index in [1.54, 1.807) is 5.38 Å². The number of aryl methyl sites for hydroxylation is 1. The van der Waals surface area contributed by atoms with E-state index in [1.165, 1.54) is 11.3 Å². The molecule has 1 heterocycles. The lowest BCUT2D eigenvalue weighted by Gasteiger charge is -1.69. The van der Waals surface area contributed by atoms with Crippen LogP contribution in [0.1, 0.15) is 10.7 Å². The van der Waals surface area contributed by atoms with Crippen molar-refractivity contribution in [1.29, 1.82) is 5.26 Å². The van der Waals surface area contributed by atoms with Crippen molar-refractivity contribution < 1.29 is 0 Å². The van der Waals surface area contributed by atoms with Gasteiger partial charge in [-0.1, -0.05) is 0 Å². The number of aromatic nitrogens is 1. The SMILES string of the molecule is Cc1nc(C#N)cs1. The van der Waals surface area contributed by atoms with Gasteiger partial charge in [0, 0.05) is 5.38 Å². The molecule has 0 atom stereocenters. The molecule has 0 aromatic carbocycles. The Morgan fingerprint density at radius 2 is 2.62 bits per heavy atom. The minimum Gasteiger partial charge on any atom is -0.231 e. The van der Waals surface area contributed by atoms with Crippen LogP contribution in [0.5, 0.6) is 0 Å². The van der Waals surface area contributed by atoms with Gasteiger partial charge in [0.05, 0.1) is 5.01 Å². The van der Waals surface area contributed by atoms with Gasteiger partial charge in [-0.3, -0.25) is 0 Å². The molecule has 1 rings (SSSR count). The Bertz CT molecular complexity index is 221. The van der Waals surface area contributed by atoms with E-state index in [2.05, 4.69) is 4.98 Å². The maximum absolute atomic E-state index is 8.25. The summed E-state index contributed by atoms with van der Waals surface area (Å²) in [5.41, 5.74) is 0.521. The summed E-state index contributed by atoms with van der Waals surface area (Å²) in [4.78, 5) is 3.89. The normalized spacial score (nSPS) is 8.50. The van der Waals surface area contributed by atoms with Gasteiger partial charge in [0.2, 0.25) is 0 Å². The van der Waals surface area contributed by atoms with Gasteiger partial charge in [-0.15, -0.1) is 11.3 Å². The van der Waals surface area contributed by atoms with Gasteiger partial charge in [0.15, 0.2) is 5.69 Å². The molecule has 0 radical (unpaired) electrons. The van der Waals surface area contributed by atoms with Crippen molar-refractivity contribution >= 4 is 11.3 Å². The van der Waals surface area contributed by atoms with Gasteiger partial charge in [0.1, 0.15) is 6.07 Å². The Morgan fingerprint density at radius 3 is 2.88 bits per heavy atom. The Labute approximate surface area is 51.4 Å². The molecule has 1 aromatic heterocycles. The quantitative estimate of drug-likeness (QED) is 0.523. The minimum absolute atomic E-state index is 0.521. The number of hydrogen-bond donors (Lipinski definition) is 0. The second kappa shape index (κ2) is 1.93. The Balaban J connectivity index is 3.05. The van der Waals surface area contributed by atoms with Crippen molar-refractivity contribution in [2.24, 2.45) is 0 Å². The molecule has 2 nitrogen and oxygen atoms in total. The number of nitriles is 1. The summed E-state index contributed by atoms with van der Waals surface area (Å²) >= 11 is 1.50. The van der Waals surface area contributed by atoms with E-state index >= 15 is 0 Å². The van der Waals surface area contributed by atoms with E-state index in [9.17, 15) is 0 Å². The zero-order valence-corrected chi connectivity index (χ0v) is 5.20. The van der Waals surface area contributed by atoms with Crippen molar-refractivity contribution in [3.8, 4) is 6.07 Å². The van der Waals surface area contributed by atoms with Crippen LogP contribution in [0.2, 0.25) is 0 Å². The van der Waals surface area contributed by atoms with Crippen LogP contribution in [0.15, 0.2) is 5.38 Å². The summed E-state index contributed by atoms with van der Waals surface area (Å²) in [6.45, 7) is 1.88. The third-order valence-electron chi connectivity index (χ3n) is 0.734. The summed E-state index contributed by atoms with van der Waals surface area (Å²) in [6.07, 6.45) is 0. The first kappa shape index (κ1) is 5.26. The van der Waals surface area contributed by atoms with Gasteiger partial charge in [-0.05, 0) is 6.92 Å². The third kappa shape index (κ3) is 0.849. The van der Waals surface area contributed by atoms with Crippen LogP contribution < -0.4 is 0 Å². The van der Waals surface area contributed by atoms with Crippen molar-refractivity contribution in [2.45, 2.75) is 6.92 Å². The van der Waals surface area contributed by atoms with Crippen LogP contribution in [-0.2, 0) is 0 Å². The molecule has 0 spiro atoms. The second-order valence-electron chi connectivity index (χ2n) is 1.36. The van der Waals surface area contributed by atoms with E-state index in [-0.39, 0.29) is 0 Å². The van der Waals surface area contributed by atoms with Crippen molar-refractivity contribution in [2.75, 3.05) is 0 Å². The van der Waals surface area contributed by atoms with E-state index in [0.717, 1.165) is 5.01 Å². The molecule has 0 amide bonds. The first-order chi connectivity index (χ1) is 3.83. The molecule has 0 unspecified atom stereocenters. The Hall–Kier alpha value is -0.880. The van der Waals surface area contributed by atoms with Crippen LogP contribution in [0.3, 0.4) is 0 Å². The number of thiazole rings is 1. The first-order valence-electron chi connectivity index (χ1n) is 2.15. The van der Waals surface area contributed by atoms with E-state index < -0.39 is 0 Å². The molecule has 0 N–H and O–H groups in total. The highest BCUT2D eigenvalue weighted by Crippen LogP contribution is 2.05. The standard InChI is InChI=1S/C5H4N2S/c1-4-7-5(2-6)3-8-4/h3H,1H3. The lowest BCUT2D eigenvalue weighted by atomic mass is 10.6. The molecule has 0 saturated carbocycles. The summed E-state index contributed by atoms with van der Waals surface area (Å²) < 4.78 is 0. The average molecular weight is 124 g/mol. The van der Waals surface area contributed by atoms with Crippen LogP contribution in [0, 0.1) is 18.3 Å². The molecule has 0 aliphatic heterocycles.